The van der Waals surface area contributed by atoms with Crippen molar-refractivity contribution in [3.63, 3.8) is 0 Å². The Morgan fingerprint density at radius 3 is 2.56 bits per heavy atom. The molecule has 0 aliphatic heterocycles. The number of hydrogen-bond acceptors (Lipinski definition) is 2. The van der Waals surface area contributed by atoms with Gasteiger partial charge in [-0.15, -0.1) is 0 Å². The molecule has 0 heterocycles. The maximum atomic E-state index is 14.8. The molecule has 1 aliphatic carbocycles. The lowest BCUT2D eigenvalue weighted by Gasteiger charge is -2.30. The molecule has 4 rings (SSSR count). The second-order valence-electron chi connectivity index (χ2n) is 9.75. The van der Waals surface area contributed by atoms with Gasteiger partial charge in [-0.05, 0) is 65.0 Å². The Kier molecular flexibility index (Phi) is 7.01. The molecular formula is C29H30F2O3. The number of rotatable bonds is 8. The van der Waals surface area contributed by atoms with Crippen LogP contribution in [0, 0.1) is 17.0 Å². The van der Waals surface area contributed by atoms with E-state index in [-0.39, 0.29) is 42.3 Å². The Morgan fingerprint density at radius 2 is 1.85 bits per heavy atom. The predicted molar refractivity (Wildman–Crippen MR) is 129 cm³/mol. The molecule has 0 spiro atoms. The van der Waals surface area contributed by atoms with E-state index in [4.69, 9.17) is 9.84 Å². The third-order valence-corrected chi connectivity index (χ3v) is 6.96. The molecule has 1 unspecified atom stereocenters. The van der Waals surface area contributed by atoms with E-state index in [0.717, 1.165) is 36.0 Å². The monoisotopic (exact) mass is 464 g/mol. The fourth-order valence-corrected chi connectivity index (χ4v) is 5.08. The number of aryl methyl sites for hydroxylation is 1. The first-order valence-electron chi connectivity index (χ1n) is 11.8. The standard InChI is InChI=1S/C29H30F2O3/c1-29(2)16-6-9-24(29)23-17-19(12-14-21(23)22-8-3-4-10-25(22)30)18-34-26-11-5-7-20(28(26)31)13-15-27(32)33/h3-5,7-8,10-12,14,17,24H,6,9,13,15-16,18H2,1-2H3,(H,32,33). The van der Waals surface area contributed by atoms with Crippen LogP contribution in [0.4, 0.5) is 8.78 Å². The Balaban J connectivity index is 1.63. The Bertz CT molecular complexity index is 1190. The van der Waals surface area contributed by atoms with Crippen molar-refractivity contribution in [3.05, 3.63) is 89.0 Å². The Labute approximate surface area is 199 Å². The lowest BCUT2D eigenvalue weighted by Crippen LogP contribution is -2.17. The van der Waals surface area contributed by atoms with Crippen LogP contribution in [0.1, 0.15) is 62.1 Å². The topological polar surface area (TPSA) is 46.5 Å². The van der Waals surface area contributed by atoms with Crippen molar-refractivity contribution in [1.29, 1.82) is 0 Å². The van der Waals surface area contributed by atoms with Gasteiger partial charge in [0.15, 0.2) is 11.6 Å². The zero-order chi connectivity index (χ0) is 24.3. The SMILES string of the molecule is CC1(C)CCCC1c1cc(COc2cccc(CCC(=O)O)c2F)ccc1-c1ccccc1F. The third kappa shape index (κ3) is 5.14. The highest BCUT2D eigenvalue weighted by Gasteiger charge is 2.37. The minimum Gasteiger partial charge on any atom is -0.486 e. The van der Waals surface area contributed by atoms with Gasteiger partial charge in [-0.25, -0.2) is 8.78 Å². The molecule has 34 heavy (non-hydrogen) atoms. The number of carboxylic acids is 1. The molecule has 0 amide bonds. The molecule has 0 aromatic heterocycles. The van der Waals surface area contributed by atoms with Gasteiger partial charge >= 0.3 is 5.97 Å². The second-order valence-corrected chi connectivity index (χ2v) is 9.75. The van der Waals surface area contributed by atoms with E-state index in [1.165, 1.54) is 6.07 Å². The van der Waals surface area contributed by atoms with E-state index in [1.54, 1.807) is 24.3 Å². The van der Waals surface area contributed by atoms with Gasteiger partial charge in [0.1, 0.15) is 12.4 Å². The van der Waals surface area contributed by atoms with Crippen LogP contribution in [0.15, 0.2) is 60.7 Å². The molecular weight excluding hydrogens is 434 g/mol. The number of carboxylic acid groups (broad SMARTS) is 1. The molecule has 1 N–H and O–H groups in total. The summed E-state index contributed by atoms with van der Waals surface area (Å²) in [6.45, 7) is 4.69. The zero-order valence-corrected chi connectivity index (χ0v) is 19.6. The summed E-state index contributed by atoms with van der Waals surface area (Å²) < 4.78 is 35.3. The van der Waals surface area contributed by atoms with Gasteiger partial charge < -0.3 is 9.84 Å². The highest BCUT2D eigenvalue weighted by atomic mass is 19.1. The summed E-state index contributed by atoms with van der Waals surface area (Å²) >= 11 is 0. The zero-order valence-electron chi connectivity index (χ0n) is 19.6. The summed E-state index contributed by atoms with van der Waals surface area (Å²) in [5.41, 5.74) is 3.89. The van der Waals surface area contributed by atoms with Crippen LogP contribution >= 0.6 is 0 Å². The van der Waals surface area contributed by atoms with Gasteiger partial charge in [-0.1, -0.05) is 68.8 Å². The fraction of sp³-hybridized carbons (Fsp3) is 0.345. The number of ether oxygens (including phenoxy) is 1. The molecule has 3 nitrogen and oxygen atoms in total. The van der Waals surface area contributed by atoms with Gasteiger partial charge in [0.2, 0.25) is 0 Å². The van der Waals surface area contributed by atoms with E-state index >= 15 is 0 Å². The van der Waals surface area contributed by atoms with Crippen LogP contribution in [0.25, 0.3) is 11.1 Å². The summed E-state index contributed by atoms with van der Waals surface area (Å²) in [4.78, 5) is 10.8. The summed E-state index contributed by atoms with van der Waals surface area (Å²) in [7, 11) is 0. The van der Waals surface area contributed by atoms with E-state index in [9.17, 15) is 13.6 Å². The van der Waals surface area contributed by atoms with E-state index in [2.05, 4.69) is 19.9 Å². The lowest BCUT2D eigenvalue weighted by molar-refractivity contribution is -0.136. The van der Waals surface area contributed by atoms with Crippen molar-refractivity contribution in [2.45, 2.75) is 58.5 Å². The van der Waals surface area contributed by atoms with Gasteiger partial charge in [-0.3, -0.25) is 4.79 Å². The number of carbonyl (C=O) groups is 1. The predicted octanol–water partition coefficient (Wildman–Crippen LogP) is 7.52. The largest absolute Gasteiger partial charge is 0.486 e. The highest BCUT2D eigenvalue weighted by molar-refractivity contribution is 5.69. The summed E-state index contributed by atoms with van der Waals surface area (Å²) in [5, 5.41) is 8.88. The third-order valence-electron chi connectivity index (χ3n) is 6.96. The molecule has 5 heteroatoms. The summed E-state index contributed by atoms with van der Waals surface area (Å²) in [6, 6.07) is 17.6. The number of halogens is 2. The maximum absolute atomic E-state index is 14.8. The van der Waals surface area contributed by atoms with Crippen LogP contribution in [0.5, 0.6) is 5.75 Å². The smallest absolute Gasteiger partial charge is 0.303 e. The lowest BCUT2D eigenvalue weighted by atomic mass is 9.75. The molecule has 1 atom stereocenters. The van der Waals surface area contributed by atoms with Gasteiger partial charge in [0, 0.05) is 12.0 Å². The van der Waals surface area contributed by atoms with E-state index < -0.39 is 11.8 Å². The van der Waals surface area contributed by atoms with E-state index in [0.29, 0.717) is 11.1 Å². The average Bonchev–Trinajstić information content (AvgIpc) is 3.16. The molecule has 1 aliphatic rings. The molecule has 178 valence electrons. The Hall–Kier alpha value is -3.21. The van der Waals surface area contributed by atoms with Crippen LogP contribution in [0.2, 0.25) is 0 Å². The van der Waals surface area contributed by atoms with Crippen molar-refractivity contribution in [2.24, 2.45) is 5.41 Å². The van der Waals surface area contributed by atoms with Gasteiger partial charge in [-0.2, -0.15) is 0 Å². The van der Waals surface area contributed by atoms with Crippen LogP contribution in [0.3, 0.4) is 0 Å². The normalized spacial score (nSPS) is 17.0. The number of benzene rings is 3. The molecule has 3 aromatic rings. The fourth-order valence-electron chi connectivity index (χ4n) is 5.08. The first-order valence-corrected chi connectivity index (χ1v) is 11.8. The van der Waals surface area contributed by atoms with Crippen molar-refractivity contribution in [3.8, 4) is 16.9 Å². The minimum atomic E-state index is -0.969. The van der Waals surface area contributed by atoms with E-state index in [1.807, 2.05) is 24.3 Å². The number of aliphatic carboxylic acids is 1. The van der Waals surface area contributed by atoms with Crippen LogP contribution in [-0.2, 0) is 17.8 Å². The van der Waals surface area contributed by atoms with Crippen LogP contribution < -0.4 is 4.74 Å². The summed E-state index contributed by atoms with van der Waals surface area (Å²) in [5.74, 6) is -1.35. The molecule has 0 radical (unpaired) electrons. The highest BCUT2D eigenvalue weighted by Crippen LogP contribution is 2.51. The first-order chi connectivity index (χ1) is 16.3. The van der Waals surface area contributed by atoms with Crippen molar-refractivity contribution in [2.75, 3.05) is 0 Å². The average molecular weight is 465 g/mol. The van der Waals surface area contributed by atoms with Gasteiger partial charge in [0.25, 0.3) is 0 Å². The summed E-state index contributed by atoms with van der Waals surface area (Å²) in [6.07, 6.45) is 3.25. The maximum Gasteiger partial charge on any atom is 0.303 e. The van der Waals surface area contributed by atoms with Crippen LogP contribution in [-0.4, -0.2) is 11.1 Å². The molecule has 1 fully saturated rings. The van der Waals surface area contributed by atoms with Crippen molar-refractivity contribution >= 4 is 5.97 Å². The van der Waals surface area contributed by atoms with Crippen molar-refractivity contribution < 1.29 is 23.4 Å². The first kappa shape index (κ1) is 23.9. The van der Waals surface area contributed by atoms with Crippen molar-refractivity contribution in [1.82, 2.24) is 0 Å². The quantitative estimate of drug-likeness (QED) is 0.375. The molecule has 0 saturated heterocycles. The number of hydrogen-bond donors (Lipinski definition) is 1. The van der Waals surface area contributed by atoms with Gasteiger partial charge in [0.05, 0.1) is 0 Å². The molecule has 0 bridgehead atoms. The molecule has 3 aromatic carbocycles. The molecule has 1 saturated carbocycles. The second kappa shape index (κ2) is 9.96. The Morgan fingerprint density at radius 1 is 1.06 bits per heavy atom. The minimum absolute atomic E-state index is 0.101.